The molecule has 0 radical (unpaired) electrons. The molecule has 4 rings (SSSR count). The van der Waals surface area contributed by atoms with E-state index < -0.39 is 0 Å². The molecule has 1 saturated heterocycles. The number of aromatic nitrogens is 2. The van der Waals surface area contributed by atoms with Gasteiger partial charge in [0.25, 0.3) is 5.91 Å². The van der Waals surface area contributed by atoms with Gasteiger partial charge in [-0.2, -0.15) is 5.10 Å². The van der Waals surface area contributed by atoms with E-state index in [4.69, 9.17) is 9.47 Å². The van der Waals surface area contributed by atoms with Gasteiger partial charge in [0.2, 0.25) is 0 Å². The van der Waals surface area contributed by atoms with Crippen molar-refractivity contribution >= 4 is 5.91 Å². The second-order valence-corrected chi connectivity index (χ2v) is 7.17. The number of carbonyl (C=O) groups excluding carboxylic acids is 1. The summed E-state index contributed by atoms with van der Waals surface area (Å²) in [6.07, 6.45) is 7.42. The van der Waals surface area contributed by atoms with Gasteiger partial charge in [0.15, 0.2) is 0 Å². The van der Waals surface area contributed by atoms with Crippen LogP contribution in [0, 0.1) is 0 Å². The molecule has 6 nitrogen and oxygen atoms in total. The van der Waals surface area contributed by atoms with Gasteiger partial charge < -0.3 is 14.4 Å². The Hall–Kier alpha value is -2.18. The van der Waals surface area contributed by atoms with Crippen LogP contribution in [-0.2, 0) is 9.47 Å². The molecule has 138 valence electrons. The third-order valence-corrected chi connectivity index (χ3v) is 6.00. The number of nitrogens with zero attached hydrogens (tertiary/aromatic N) is 3. The first-order valence-corrected chi connectivity index (χ1v) is 9.16. The van der Waals surface area contributed by atoms with Crippen LogP contribution in [0.2, 0.25) is 0 Å². The molecule has 2 aliphatic rings. The minimum Gasteiger partial charge on any atom is -0.381 e. The number of ether oxygens (including phenoxy) is 2. The van der Waals surface area contributed by atoms with Gasteiger partial charge in [0.1, 0.15) is 0 Å². The van der Waals surface area contributed by atoms with E-state index in [0.29, 0.717) is 5.56 Å². The number of benzene rings is 1. The van der Waals surface area contributed by atoms with Crippen molar-refractivity contribution < 1.29 is 14.3 Å². The quantitative estimate of drug-likeness (QED) is 0.846. The molecule has 1 aromatic carbocycles. The lowest BCUT2D eigenvalue weighted by Gasteiger charge is -2.43. The zero-order valence-corrected chi connectivity index (χ0v) is 15.3. The Kier molecular flexibility index (Phi) is 4.54. The second-order valence-electron chi connectivity index (χ2n) is 7.17. The highest BCUT2D eigenvalue weighted by Gasteiger charge is 2.52. The van der Waals surface area contributed by atoms with Crippen molar-refractivity contribution in [2.45, 2.75) is 43.4 Å². The van der Waals surface area contributed by atoms with Gasteiger partial charge in [0, 0.05) is 38.7 Å². The van der Waals surface area contributed by atoms with Gasteiger partial charge in [-0.25, -0.2) is 4.68 Å². The third kappa shape index (κ3) is 2.83. The summed E-state index contributed by atoms with van der Waals surface area (Å²) in [7, 11) is 3.52. The van der Waals surface area contributed by atoms with Crippen LogP contribution in [0.1, 0.15) is 36.0 Å². The van der Waals surface area contributed by atoms with E-state index in [9.17, 15) is 4.79 Å². The smallest absolute Gasteiger partial charge is 0.254 e. The highest BCUT2D eigenvalue weighted by atomic mass is 16.5. The predicted octanol–water partition coefficient (Wildman–Crippen LogP) is 2.67. The maximum absolute atomic E-state index is 13.3. The number of carbonyl (C=O) groups is 1. The zero-order valence-electron chi connectivity index (χ0n) is 15.3. The SMILES string of the molecule is CO[C@@H]1CC[C@]2(OC)CCN(C(=O)c3cccc(-n4cccn4)c3)[C@@H]2C1. The molecule has 1 aliphatic heterocycles. The Morgan fingerprint density at radius 1 is 1.27 bits per heavy atom. The number of hydrogen-bond acceptors (Lipinski definition) is 4. The fourth-order valence-corrected chi connectivity index (χ4v) is 4.49. The van der Waals surface area contributed by atoms with E-state index in [-0.39, 0.29) is 23.7 Å². The summed E-state index contributed by atoms with van der Waals surface area (Å²) in [6, 6.07) is 9.57. The lowest BCUT2D eigenvalue weighted by molar-refractivity contribution is -0.0893. The van der Waals surface area contributed by atoms with Gasteiger partial charge in [-0.15, -0.1) is 0 Å². The number of fused-ring (bicyclic) bond motifs is 1. The summed E-state index contributed by atoms with van der Waals surface area (Å²) in [4.78, 5) is 15.3. The molecule has 0 N–H and O–H groups in total. The molecule has 26 heavy (non-hydrogen) atoms. The summed E-state index contributed by atoms with van der Waals surface area (Å²) in [5.74, 6) is 0.0553. The number of methoxy groups -OCH3 is 2. The molecule has 2 aromatic rings. The van der Waals surface area contributed by atoms with Crippen LogP contribution in [0.15, 0.2) is 42.7 Å². The van der Waals surface area contributed by atoms with Crippen LogP contribution in [0.4, 0.5) is 0 Å². The Labute approximate surface area is 153 Å². The largest absolute Gasteiger partial charge is 0.381 e. The molecule has 0 unspecified atom stereocenters. The molecular formula is C20H25N3O3. The Bertz CT molecular complexity index is 776. The first-order chi connectivity index (χ1) is 12.7. The standard InChI is InChI=1S/C20H25N3O3/c1-25-17-7-8-20(26-2)9-12-22(18(20)14-17)19(24)15-5-3-6-16(13-15)23-11-4-10-21-23/h3-6,10-11,13,17-18H,7-9,12,14H2,1-2H3/t17-,18-,20+/m1/s1. The van der Waals surface area contributed by atoms with Crippen LogP contribution in [0.5, 0.6) is 0 Å². The van der Waals surface area contributed by atoms with Gasteiger partial charge >= 0.3 is 0 Å². The average Bonchev–Trinajstić information content (AvgIpc) is 3.35. The first kappa shape index (κ1) is 17.2. The molecule has 1 aliphatic carbocycles. The van der Waals surface area contributed by atoms with Crippen molar-refractivity contribution in [1.29, 1.82) is 0 Å². The van der Waals surface area contributed by atoms with E-state index in [2.05, 4.69) is 5.10 Å². The van der Waals surface area contributed by atoms with Gasteiger partial charge in [-0.1, -0.05) is 6.07 Å². The minimum absolute atomic E-state index is 0.0553. The number of hydrogen-bond donors (Lipinski definition) is 0. The Morgan fingerprint density at radius 3 is 2.88 bits per heavy atom. The average molecular weight is 355 g/mol. The van der Waals surface area contributed by atoms with Gasteiger partial charge in [-0.3, -0.25) is 4.79 Å². The number of likely N-dealkylation sites (tertiary alicyclic amines) is 1. The van der Waals surface area contributed by atoms with Crippen molar-refractivity contribution in [3.8, 4) is 5.69 Å². The monoisotopic (exact) mass is 355 g/mol. The summed E-state index contributed by atoms with van der Waals surface area (Å²) in [5.41, 5.74) is 1.34. The van der Waals surface area contributed by atoms with Crippen LogP contribution in [0.3, 0.4) is 0 Å². The Morgan fingerprint density at radius 2 is 2.15 bits per heavy atom. The molecule has 6 heteroatoms. The van der Waals surface area contributed by atoms with E-state index in [1.165, 1.54) is 0 Å². The molecule has 1 saturated carbocycles. The lowest BCUT2D eigenvalue weighted by Crippen LogP contribution is -2.53. The van der Waals surface area contributed by atoms with Crippen molar-refractivity contribution in [2.24, 2.45) is 0 Å². The van der Waals surface area contributed by atoms with E-state index in [1.807, 2.05) is 41.4 Å². The van der Waals surface area contributed by atoms with Gasteiger partial charge in [0.05, 0.1) is 23.4 Å². The van der Waals surface area contributed by atoms with Crippen molar-refractivity contribution in [2.75, 3.05) is 20.8 Å². The highest BCUT2D eigenvalue weighted by molar-refractivity contribution is 5.95. The molecule has 2 fully saturated rings. The highest BCUT2D eigenvalue weighted by Crippen LogP contribution is 2.43. The number of amides is 1. The number of rotatable bonds is 4. The normalized spacial score (nSPS) is 28.2. The molecule has 2 heterocycles. The van der Waals surface area contributed by atoms with E-state index in [1.54, 1.807) is 25.1 Å². The minimum atomic E-state index is -0.232. The second kappa shape index (κ2) is 6.85. The molecule has 3 atom stereocenters. The summed E-state index contributed by atoms with van der Waals surface area (Å²) >= 11 is 0. The van der Waals surface area contributed by atoms with Crippen molar-refractivity contribution in [3.63, 3.8) is 0 Å². The molecular weight excluding hydrogens is 330 g/mol. The van der Waals surface area contributed by atoms with Crippen molar-refractivity contribution in [1.82, 2.24) is 14.7 Å². The third-order valence-electron chi connectivity index (χ3n) is 6.00. The molecule has 0 bridgehead atoms. The molecule has 0 spiro atoms. The summed E-state index contributed by atoms with van der Waals surface area (Å²) in [5, 5.41) is 4.25. The lowest BCUT2D eigenvalue weighted by atomic mass is 9.79. The van der Waals surface area contributed by atoms with E-state index >= 15 is 0 Å². The molecule has 1 amide bonds. The topological polar surface area (TPSA) is 56.6 Å². The Balaban J connectivity index is 1.61. The fraction of sp³-hybridized carbons (Fsp3) is 0.500. The first-order valence-electron chi connectivity index (χ1n) is 9.16. The van der Waals surface area contributed by atoms with Crippen LogP contribution >= 0.6 is 0 Å². The van der Waals surface area contributed by atoms with Crippen molar-refractivity contribution in [3.05, 3.63) is 48.3 Å². The summed E-state index contributed by atoms with van der Waals surface area (Å²) < 4.78 is 13.3. The van der Waals surface area contributed by atoms with E-state index in [0.717, 1.165) is 37.9 Å². The van der Waals surface area contributed by atoms with Crippen LogP contribution < -0.4 is 0 Å². The predicted molar refractivity (Wildman–Crippen MR) is 97.4 cm³/mol. The van der Waals surface area contributed by atoms with Crippen LogP contribution in [0.25, 0.3) is 5.69 Å². The maximum atomic E-state index is 13.3. The zero-order chi connectivity index (χ0) is 18.1. The maximum Gasteiger partial charge on any atom is 0.254 e. The fourth-order valence-electron chi connectivity index (χ4n) is 4.49. The summed E-state index contributed by atoms with van der Waals surface area (Å²) in [6.45, 7) is 0.722. The molecule has 1 aromatic heterocycles. The van der Waals surface area contributed by atoms with Gasteiger partial charge in [-0.05, 0) is 49.9 Å². The van der Waals surface area contributed by atoms with Crippen LogP contribution in [-0.4, -0.2) is 59.1 Å².